The molecular weight excluding hydrogens is 371 g/mol. The van der Waals surface area contributed by atoms with Gasteiger partial charge >= 0.3 is 6.18 Å². The summed E-state index contributed by atoms with van der Waals surface area (Å²) in [5, 5.41) is 8.12. The van der Waals surface area contributed by atoms with E-state index in [1.165, 1.54) is 10.7 Å². The van der Waals surface area contributed by atoms with Crippen molar-refractivity contribution in [1.82, 2.24) is 19.9 Å². The van der Waals surface area contributed by atoms with Crippen LogP contribution < -0.4 is 5.73 Å². The first kappa shape index (κ1) is 18.9. The quantitative estimate of drug-likeness (QED) is 0.866. The summed E-state index contributed by atoms with van der Waals surface area (Å²) < 4.78 is 40.6. The minimum Gasteiger partial charge on any atom is -0.337 e. The van der Waals surface area contributed by atoms with Crippen LogP contribution in [0.15, 0.2) is 24.3 Å². The Balaban J connectivity index is 1.69. The molecule has 1 aliphatic carbocycles. The molecule has 2 heterocycles. The summed E-state index contributed by atoms with van der Waals surface area (Å²) in [6.45, 7) is 3.67. The molecule has 1 saturated heterocycles. The molecule has 1 unspecified atom stereocenters. The second-order valence-electron chi connectivity index (χ2n) is 8.05. The van der Waals surface area contributed by atoms with Crippen molar-refractivity contribution in [2.45, 2.75) is 38.3 Å². The molecular formula is C19H22F3N5O. The van der Waals surface area contributed by atoms with Crippen molar-refractivity contribution in [3.05, 3.63) is 41.2 Å². The van der Waals surface area contributed by atoms with Crippen molar-refractivity contribution in [2.75, 3.05) is 19.6 Å². The molecule has 0 radical (unpaired) electrons. The van der Waals surface area contributed by atoms with E-state index in [0.29, 0.717) is 25.3 Å². The third kappa shape index (κ3) is 3.39. The van der Waals surface area contributed by atoms with E-state index in [0.717, 1.165) is 31.4 Å². The van der Waals surface area contributed by atoms with Crippen molar-refractivity contribution in [2.24, 2.45) is 11.1 Å². The van der Waals surface area contributed by atoms with Crippen LogP contribution in [0.4, 0.5) is 13.2 Å². The second-order valence-corrected chi connectivity index (χ2v) is 8.05. The maximum Gasteiger partial charge on any atom is 0.416 e. The molecule has 0 spiro atoms. The standard InChI is InChI=1S/C19H22F3N5O/c1-18(10-23)7-8-26(11-18)17(28)15-16(12-5-6-12)27(25-24-15)14-4-2-3-13(9-14)19(20,21)22/h2-4,9,12H,5-8,10-11,23H2,1H3. The van der Waals surface area contributed by atoms with Gasteiger partial charge in [0.1, 0.15) is 0 Å². The van der Waals surface area contributed by atoms with Crippen LogP contribution in [0, 0.1) is 5.41 Å². The highest BCUT2D eigenvalue weighted by Crippen LogP contribution is 2.43. The minimum atomic E-state index is -4.45. The third-order valence-corrected chi connectivity index (χ3v) is 5.63. The number of nitrogens with zero attached hydrogens (tertiary/aromatic N) is 4. The van der Waals surface area contributed by atoms with Crippen molar-refractivity contribution < 1.29 is 18.0 Å². The Bertz CT molecular complexity index is 905. The number of likely N-dealkylation sites (tertiary alicyclic amines) is 1. The van der Waals surface area contributed by atoms with E-state index >= 15 is 0 Å². The Morgan fingerprint density at radius 2 is 2.11 bits per heavy atom. The van der Waals surface area contributed by atoms with Crippen molar-refractivity contribution in [1.29, 1.82) is 0 Å². The largest absolute Gasteiger partial charge is 0.416 e. The lowest BCUT2D eigenvalue weighted by Gasteiger charge is -2.22. The maximum atomic E-state index is 13.1. The Morgan fingerprint density at radius 3 is 2.71 bits per heavy atom. The van der Waals surface area contributed by atoms with Crippen LogP contribution >= 0.6 is 0 Å². The highest BCUT2D eigenvalue weighted by atomic mass is 19.4. The summed E-state index contributed by atoms with van der Waals surface area (Å²) in [6.07, 6.45) is -1.90. The Morgan fingerprint density at radius 1 is 1.36 bits per heavy atom. The highest BCUT2D eigenvalue weighted by Gasteiger charge is 2.40. The number of rotatable bonds is 4. The lowest BCUT2D eigenvalue weighted by Crippen LogP contribution is -2.35. The normalized spacial score (nSPS) is 22.7. The zero-order chi connectivity index (χ0) is 20.1. The third-order valence-electron chi connectivity index (χ3n) is 5.63. The summed E-state index contributed by atoms with van der Waals surface area (Å²) in [6, 6.07) is 4.94. The molecule has 1 amide bonds. The van der Waals surface area contributed by atoms with E-state index in [4.69, 9.17) is 5.73 Å². The number of aromatic nitrogens is 3. The first-order valence-electron chi connectivity index (χ1n) is 9.34. The van der Waals surface area contributed by atoms with Crippen LogP contribution in [0.25, 0.3) is 5.69 Å². The van der Waals surface area contributed by atoms with Crippen LogP contribution in [0.1, 0.15) is 53.8 Å². The predicted molar refractivity (Wildman–Crippen MR) is 96.0 cm³/mol. The molecule has 2 aromatic rings. The fraction of sp³-hybridized carbons (Fsp3) is 0.526. The van der Waals surface area contributed by atoms with Gasteiger partial charge in [-0.05, 0) is 49.4 Å². The number of hydrogen-bond acceptors (Lipinski definition) is 4. The zero-order valence-electron chi connectivity index (χ0n) is 15.5. The van der Waals surface area contributed by atoms with E-state index in [-0.39, 0.29) is 28.6 Å². The topological polar surface area (TPSA) is 77.0 Å². The number of nitrogens with two attached hydrogens (primary N) is 1. The van der Waals surface area contributed by atoms with Crippen molar-refractivity contribution in [3.63, 3.8) is 0 Å². The number of benzene rings is 1. The number of amides is 1. The Kier molecular flexibility index (Phi) is 4.45. The van der Waals surface area contributed by atoms with Gasteiger partial charge in [0.2, 0.25) is 0 Å². The van der Waals surface area contributed by atoms with Crippen LogP contribution in [-0.2, 0) is 6.18 Å². The van der Waals surface area contributed by atoms with Gasteiger partial charge in [-0.15, -0.1) is 5.10 Å². The number of hydrogen-bond donors (Lipinski definition) is 1. The molecule has 1 saturated carbocycles. The SMILES string of the molecule is CC1(CN)CCN(C(=O)c2nnn(-c3cccc(C(F)(F)F)c3)c2C2CC2)C1. The molecule has 2 fully saturated rings. The fourth-order valence-corrected chi connectivity index (χ4v) is 3.68. The Labute approximate surface area is 160 Å². The summed E-state index contributed by atoms with van der Waals surface area (Å²) in [5.74, 6) is -0.135. The van der Waals surface area contributed by atoms with Gasteiger partial charge in [0.15, 0.2) is 5.69 Å². The summed E-state index contributed by atoms with van der Waals surface area (Å²) in [7, 11) is 0. The monoisotopic (exact) mass is 393 g/mol. The molecule has 2 N–H and O–H groups in total. The van der Waals surface area contributed by atoms with Gasteiger partial charge in [-0.25, -0.2) is 4.68 Å². The van der Waals surface area contributed by atoms with Crippen molar-refractivity contribution >= 4 is 5.91 Å². The molecule has 150 valence electrons. The number of alkyl halides is 3. The zero-order valence-corrected chi connectivity index (χ0v) is 15.5. The number of halogens is 3. The molecule has 28 heavy (non-hydrogen) atoms. The molecule has 4 rings (SSSR count). The molecule has 1 aromatic heterocycles. The van der Waals surface area contributed by atoms with E-state index in [1.807, 2.05) is 6.92 Å². The van der Waals surface area contributed by atoms with E-state index in [2.05, 4.69) is 10.3 Å². The van der Waals surface area contributed by atoms with E-state index < -0.39 is 11.7 Å². The van der Waals surface area contributed by atoms with Gasteiger partial charge in [0.05, 0.1) is 16.9 Å². The molecule has 1 atom stereocenters. The van der Waals surface area contributed by atoms with Gasteiger partial charge in [0, 0.05) is 19.0 Å². The van der Waals surface area contributed by atoms with Gasteiger partial charge in [-0.2, -0.15) is 13.2 Å². The molecule has 1 aliphatic heterocycles. The van der Waals surface area contributed by atoms with Gasteiger partial charge < -0.3 is 10.6 Å². The first-order valence-corrected chi connectivity index (χ1v) is 9.34. The molecule has 2 aliphatic rings. The lowest BCUT2D eigenvalue weighted by atomic mass is 9.90. The average Bonchev–Trinajstić information content (AvgIpc) is 3.28. The first-order chi connectivity index (χ1) is 13.2. The Hall–Kier alpha value is -2.42. The van der Waals surface area contributed by atoms with Crippen LogP contribution in [-0.4, -0.2) is 45.4 Å². The second kappa shape index (κ2) is 6.58. The highest BCUT2D eigenvalue weighted by molar-refractivity contribution is 5.94. The minimum absolute atomic E-state index is 0.0898. The van der Waals surface area contributed by atoms with E-state index in [9.17, 15) is 18.0 Å². The van der Waals surface area contributed by atoms with Crippen LogP contribution in [0.2, 0.25) is 0 Å². The predicted octanol–water partition coefficient (Wildman–Crippen LogP) is 2.97. The smallest absolute Gasteiger partial charge is 0.337 e. The molecule has 1 aromatic carbocycles. The summed E-state index contributed by atoms with van der Waals surface area (Å²) in [5.41, 5.74) is 6.05. The van der Waals surface area contributed by atoms with Crippen LogP contribution in [0.5, 0.6) is 0 Å². The number of carbonyl (C=O) groups excluding carboxylic acids is 1. The molecule has 6 nitrogen and oxygen atoms in total. The molecule has 0 bridgehead atoms. The van der Waals surface area contributed by atoms with Crippen LogP contribution in [0.3, 0.4) is 0 Å². The van der Waals surface area contributed by atoms with Gasteiger partial charge in [0.25, 0.3) is 5.91 Å². The average molecular weight is 393 g/mol. The van der Waals surface area contributed by atoms with Gasteiger partial charge in [-0.3, -0.25) is 4.79 Å². The van der Waals surface area contributed by atoms with Gasteiger partial charge in [-0.1, -0.05) is 18.2 Å². The van der Waals surface area contributed by atoms with Crippen molar-refractivity contribution in [3.8, 4) is 5.69 Å². The summed E-state index contributed by atoms with van der Waals surface area (Å²) in [4.78, 5) is 14.8. The summed E-state index contributed by atoms with van der Waals surface area (Å²) >= 11 is 0. The fourth-order valence-electron chi connectivity index (χ4n) is 3.68. The number of carbonyl (C=O) groups is 1. The van der Waals surface area contributed by atoms with E-state index in [1.54, 1.807) is 11.0 Å². The lowest BCUT2D eigenvalue weighted by molar-refractivity contribution is -0.137. The maximum absolute atomic E-state index is 13.1. The molecule has 9 heteroatoms.